The lowest BCUT2D eigenvalue weighted by Gasteiger charge is -2.42. The molecule has 1 aliphatic rings. The van der Waals surface area contributed by atoms with Gasteiger partial charge >= 0.3 is 0 Å². The van der Waals surface area contributed by atoms with Crippen LogP contribution in [0.5, 0.6) is 0 Å². The number of carbonyl (C=O) groups excluding carboxylic acids is 2. The molecule has 2 aromatic carbocycles. The zero-order valence-corrected chi connectivity index (χ0v) is 17.7. The van der Waals surface area contributed by atoms with E-state index < -0.39 is 16.9 Å². The molecule has 5 heteroatoms. The van der Waals surface area contributed by atoms with Gasteiger partial charge in [0.05, 0.1) is 13.2 Å². The number of nitrogens with zero attached hydrogens (tertiary/aromatic N) is 1. The van der Waals surface area contributed by atoms with E-state index in [4.69, 9.17) is 10.5 Å². The zero-order valence-electron chi connectivity index (χ0n) is 17.7. The first-order valence-electron chi connectivity index (χ1n) is 10.00. The van der Waals surface area contributed by atoms with Crippen LogP contribution >= 0.6 is 0 Å². The Morgan fingerprint density at radius 3 is 2.38 bits per heavy atom. The molecule has 5 nitrogen and oxygen atoms in total. The van der Waals surface area contributed by atoms with Crippen LogP contribution in [0, 0.1) is 12.3 Å². The van der Waals surface area contributed by atoms with E-state index in [1.807, 2.05) is 51.1 Å². The molecule has 0 spiro atoms. The van der Waals surface area contributed by atoms with Crippen LogP contribution in [0.2, 0.25) is 0 Å². The average molecular weight is 395 g/mol. The summed E-state index contributed by atoms with van der Waals surface area (Å²) < 4.78 is 5.89. The van der Waals surface area contributed by atoms with Crippen molar-refractivity contribution in [3.8, 4) is 11.1 Å². The highest BCUT2D eigenvalue weighted by Crippen LogP contribution is 2.28. The Labute approximate surface area is 172 Å². The average Bonchev–Trinajstić information content (AvgIpc) is 2.67. The summed E-state index contributed by atoms with van der Waals surface area (Å²) >= 11 is 0. The molecule has 0 aromatic heterocycles. The number of primary amides is 1. The molecule has 0 radical (unpaired) electrons. The van der Waals surface area contributed by atoms with Crippen molar-refractivity contribution in [2.75, 3.05) is 19.7 Å². The molecule has 1 fully saturated rings. The van der Waals surface area contributed by atoms with Crippen LogP contribution in [-0.4, -0.2) is 42.0 Å². The molecule has 1 aliphatic heterocycles. The summed E-state index contributed by atoms with van der Waals surface area (Å²) in [5.41, 5.74) is 8.45. The minimum atomic E-state index is -1.20. The number of rotatable bonds is 4. The van der Waals surface area contributed by atoms with E-state index in [2.05, 4.69) is 25.1 Å². The van der Waals surface area contributed by atoms with Crippen LogP contribution in [-0.2, 0) is 20.7 Å². The Bertz CT molecular complexity index is 899. The molecule has 2 amide bonds. The first-order valence-corrected chi connectivity index (χ1v) is 10.00. The van der Waals surface area contributed by atoms with Gasteiger partial charge < -0.3 is 15.4 Å². The molecule has 0 aliphatic carbocycles. The topological polar surface area (TPSA) is 72.6 Å². The quantitative estimate of drug-likeness (QED) is 0.864. The van der Waals surface area contributed by atoms with Gasteiger partial charge in [0.2, 0.25) is 5.91 Å². The highest BCUT2D eigenvalue weighted by Gasteiger charge is 2.45. The maximum absolute atomic E-state index is 12.7. The molecule has 29 heavy (non-hydrogen) atoms. The Hall–Kier alpha value is -2.66. The van der Waals surface area contributed by atoms with Gasteiger partial charge in [-0.15, -0.1) is 0 Å². The number of hydrogen-bond donors (Lipinski definition) is 1. The third-order valence-electron chi connectivity index (χ3n) is 5.36. The summed E-state index contributed by atoms with van der Waals surface area (Å²) in [6.45, 7) is 8.64. The predicted octanol–water partition coefficient (Wildman–Crippen LogP) is 3.33. The minimum absolute atomic E-state index is 0.00113. The van der Waals surface area contributed by atoms with Crippen LogP contribution in [0.15, 0.2) is 48.5 Å². The normalized spacial score (nSPS) is 19.8. The first-order chi connectivity index (χ1) is 13.6. The van der Waals surface area contributed by atoms with Crippen LogP contribution in [0.3, 0.4) is 0 Å². The van der Waals surface area contributed by atoms with E-state index in [1.165, 1.54) is 5.56 Å². The van der Waals surface area contributed by atoms with Crippen LogP contribution in [0.1, 0.15) is 31.9 Å². The molecule has 0 saturated carbocycles. The molecular weight excluding hydrogens is 364 g/mol. The summed E-state index contributed by atoms with van der Waals surface area (Å²) in [7, 11) is 0. The van der Waals surface area contributed by atoms with Gasteiger partial charge in [0.25, 0.3) is 5.91 Å². The van der Waals surface area contributed by atoms with Gasteiger partial charge in [-0.1, -0.05) is 74.9 Å². The monoisotopic (exact) mass is 394 g/mol. The number of morpholine rings is 1. The number of nitrogens with two attached hydrogens (primary N) is 1. The Balaban J connectivity index is 1.81. The van der Waals surface area contributed by atoms with Crippen LogP contribution in [0.4, 0.5) is 0 Å². The second kappa shape index (κ2) is 7.99. The highest BCUT2D eigenvalue weighted by molar-refractivity contribution is 5.87. The standard InChI is InChI=1S/C24H30N2O3/c1-17-6-5-7-20(14-17)19-10-8-18(9-11-19)15-24(21(25)27)16-26(12-13-29-24)22(28)23(2,3)4/h5-11,14H,12-13,15-16H2,1-4H3,(H2,25,27). The summed E-state index contributed by atoms with van der Waals surface area (Å²) in [6, 6.07) is 16.4. The minimum Gasteiger partial charge on any atom is -0.367 e. The summed E-state index contributed by atoms with van der Waals surface area (Å²) in [5, 5.41) is 0. The lowest BCUT2D eigenvalue weighted by molar-refractivity contribution is -0.167. The molecule has 1 saturated heterocycles. The van der Waals surface area contributed by atoms with Crippen LogP contribution in [0.25, 0.3) is 11.1 Å². The van der Waals surface area contributed by atoms with E-state index in [1.54, 1.807) is 4.90 Å². The second-order valence-electron chi connectivity index (χ2n) is 8.93. The summed E-state index contributed by atoms with van der Waals surface area (Å²) in [5.74, 6) is -0.534. The molecule has 3 rings (SSSR count). The van der Waals surface area contributed by atoms with E-state index in [0.29, 0.717) is 19.6 Å². The van der Waals surface area contributed by atoms with Gasteiger partial charge in [0, 0.05) is 18.4 Å². The molecule has 154 valence electrons. The maximum Gasteiger partial charge on any atom is 0.251 e. The first kappa shape index (κ1) is 21.1. The van der Waals surface area contributed by atoms with Crippen LogP contribution < -0.4 is 5.73 Å². The van der Waals surface area contributed by atoms with Gasteiger partial charge in [-0.25, -0.2) is 0 Å². The molecule has 2 N–H and O–H groups in total. The fourth-order valence-electron chi connectivity index (χ4n) is 3.74. The van der Waals surface area contributed by atoms with Gasteiger partial charge in [0.1, 0.15) is 0 Å². The van der Waals surface area contributed by atoms with Crippen molar-refractivity contribution in [1.29, 1.82) is 0 Å². The van der Waals surface area contributed by atoms with Crippen molar-refractivity contribution in [3.05, 3.63) is 59.7 Å². The SMILES string of the molecule is Cc1cccc(-c2ccc(CC3(C(N)=O)CN(C(=O)C(C)(C)C)CCO3)cc2)c1. The van der Waals surface area contributed by atoms with E-state index in [9.17, 15) is 9.59 Å². The maximum atomic E-state index is 12.7. The Morgan fingerprint density at radius 1 is 1.10 bits per heavy atom. The number of amides is 2. The third-order valence-corrected chi connectivity index (χ3v) is 5.36. The summed E-state index contributed by atoms with van der Waals surface area (Å²) in [6.07, 6.45) is 0.338. The second-order valence-corrected chi connectivity index (χ2v) is 8.93. The fourth-order valence-corrected chi connectivity index (χ4v) is 3.74. The number of hydrogen-bond acceptors (Lipinski definition) is 3. The molecule has 2 aromatic rings. The lowest BCUT2D eigenvalue weighted by Crippen LogP contribution is -2.62. The van der Waals surface area contributed by atoms with E-state index in [0.717, 1.165) is 16.7 Å². The van der Waals surface area contributed by atoms with Gasteiger partial charge in [-0.3, -0.25) is 9.59 Å². The number of aryl methyl sites for hydroxylation is 1. The lowest BCUT2D eigenvalue weighted by atomic mass is 9.88. The number of carbonyl (C=O) groups is 2. The largest absolute Gasteiger partial charge is 0.367 e. The zero-order chi connectivity index (χ0) is 21.2. The van der Waals surface area contributed by atoms with Gasteiger partial charge in [-0.05, 0) is 23.6 Å². The Morgan fingerprint density at radius 2 is 1.79 bits per heavy atom. The number of ether oxygens (including phenoxy) is 1. The van der Waals surface area contributed by atoms with Gasteiger partial charge in [0.15, 0.2) is 5.60 Å². The van der Waals surface area contributed by atoms with Crippen molar-refractivity contribution in [1.82, 2.24) is 4.90 Å². The van der Waals surface area contributed by atoms with Crippen molar-refractivity contribution in [2.24, 2.45) is 11.1 Å². The molecular formula is C24H30N2O3. The predicted molar refractivity (Wildman–Crippen MR) is 114 cm³/mol. The third kappa shape index (κ3) is 4.67. The van der Waals surface area contributed by atoms with Crippen molar-refractivity contribution in [2.45, 2.75) is 39.7 Å². The number of benzene rings is 2. The Kier molecular flexibility index (Phi) is 5.80. The molecule has 1 heterocycles. The van der Waals surface area contributed by atoms with Crippen molar-refractivity contribution < 1.29 is 14.3 Å². The molecule has 1 unspecified atom stereocenters. The van der Waals surface area contributed by atoms with Crippen molar-refractivity contribution >= 4 is 11.8 Å². The highest BCUT2D eigenvalue weighted by atomic mass is 16.5. The smallest absolute Gasteiger partial charge is 0.251 e. The van der Waals surface area contributed by atoms with E-state index in [-0.39, 0.29) is 12.5 Å². The van der Waals surface area contributed by atoms with Gasteiger partial charge in [-0.2, -0.15) is 0 Å². The van der Waals surface area contributed by atoms with E-state index >= 15 is 0 Å². The van der Waals surface area contributed by atoms with Crippen molar-refractivity contribution in [3.63, 3.8) is 0 Å². The molecule has 1 atom stereocenters. The fraction of sp³-hybridized carbons (Fsp3) is 0.417. The molecule has 0 bridgehead atoms. The summed E-state index contributed by atoms with van der Waals surface area (Å²) in [4.78, 5) is 26.8.